The number of rotatable bonds is 4. The fraction of sp³-hybridized carbons (Fsp3) is 0.500. The molecule has 2 nitrogen and oxygen atoms in total. The predicted octanol–water partition coefficient (Wildman–Crippen LogP) is 2.84. The van der Waals surface area contributed by atoms with E-state index >= 15 is 0 Å². The minimum Gasteiger partial charge on any atom is -0.508 e. The molecule has 1 atom stereocenters. The molecular formula is C12H19NO. The molecule has 0 aliphatic carbocycles. The third-order valence-corrected chi connectivity index (χ3v) is 2.24. The van der Waals surface area contributed by atoms with Crippen molar-refractivity contribution in [2.45, 2.75) is 39.3 Å². The maximum atomic E-state index is 9.17. The number of phenolic OH excluding ortho intramolecular Hbond substituents is 1. The Bertz CT molecular complexity index is 266. The summed E-state index contributed by atoms with van der Waals surface area (Å²) in [7, 11) is 0. The quantitative estimate of drug-likeness (QED) is 0.770. The van der Waals surface area contributed by atoms with Gasteiger partial charge >= 0.3 is 0 Å². The first-order chi connectivity index (χ1) is 6.63. The average Bonchev–Trinajstić information content (AvgIpc) is 2.15. The molecule has 2 N–H and O–H groups in total. The van der Waals surface area contributed by atoms with Gasteiger partial charge < -0.3 is 10.4 Å². The highest BCUT2D eigenvalue weighted by Crippen LogP contribution is 2.19. The van der Waals surface area contributed by atoms with Crippen LogP contribution in [0.3, 0.4) is 0 Å². The molecule has 0 radical (unpaired) electrons. The normalized spacial score (nSPS) is 13.1. The lowest BCUT2D eigenvalue weighted by Crippen LogP contribution is -2.27. The smallest absolute Gasteiger partial charge is 0.115 e. The Kier molecular flexibility index (Phi) is 3.96. The third kappa shape index (κ3) is 3.04. The number of hydrogen-bond acceptors (Lipinski definition) is 2. The van der Waals surface area contributed by atoms with Gasteiger partial charge in [-0.2, -0.15) is 0 Å². The van der Waals surface area contributed by atoms with Crippen molar-refractivity contribution < 1.29 is 5.11 Å². The summed E-state index contributed by atoms with van der Waals surface area (Å²) >= 11 is 0. The van der Waals surface area contributed by atoms with E-state index < -0.39 is 0 Å². The van der Waals surface area contributed by atoms with Gasteiger partial charge in [-0.1, -0.05) is 32.9 Å². The molecular weight excluding hydrogens is 174 g/mol. The molecule has 1 rings (SSSR count). The van der Waals surface area contributed by atoms with Crippen molar-refractivity contribution in [1.29, 1.82) is 0 Å². The highest BCUT2D eigenvalue weighted by atomic mass is 16.3. The van der Waals surface area contributed by atoms with Crippen molar-refractivity contribution in [2.24, 2.45) is 0 Å². The largest absolute Gasteiger partial charge is 0.508 e. The van der Waals surface area contributed by atoms with Crippen LogP contribution < -0.4 is 5.32 Å². The van der Waals surface area contributed by atoms with Gasteiger partial charge in [0, 0.05) is 12.1 Å². The van der Waals surface area contributed by atoms with Crippen LogP contribution in [0.15, 0.2) is 24.3 Å². The lowest BCUT2D eigenvalue weighted by atomic mass is 10.0. The number of hydrogen-bond donors (Lipinski definition) is 2. The fourth-order valence-corrected chi connectivity index (χ4v) is 1.56. The van der Waals surface area contributed by atoms with Gasteiger partial charge in [0.15, 0.2) is 0 Å². The summed E-state index contributed by atoms with van der Waals surface area (Å²) in [6, 6.07) is 8.28. The molecule has 14 heavy (non-hydrogen) atoms. The van der Waals surface area contributed by atoms with E-state index in [4.69, 9.17) is 0 Å². The summed E-state index contributed by atoms with van der Waals surface area (Å²) in [5, 5.41) is 12.7. The lowest BCUT2D eigenvalue weighted by Gasteiger charge is -2.20. The maximum absolute atomic E-state index is 9.17. The van der Waals surface area contributed by atoms with Crippen molar-refractivity contribution >= 4 is 0 Å². The Hall–Kier alpha value is -1.02. The van der Waals surface area contributed by atoms with E-state index in [1.807, 2.05) is 12.1 Å². The zero-order chi connectivity index (χ0) is 10.6. The Labute approximate surface area is 86.0 Å². The van der Waals surface area contributed by atoms with Gasteiger partial charge in [0.1, 0.15) is 5.75 Å². The molecule has 1 unspecified atom stereocenters. The molecule has 0 bridgehead atoms. The van der Waals surface area contributed by atoms with Crippen LogP contribution in [0.2, 0.25) is 0 Å². The number of nitrogens with one attached hydrogen (secondary N) is 1. The summed E-state index contributed by atoms with van der Waals surface area (Å²) in [6.45, 7) is 6.44. The molecule has 1 aromatic rings. The predicted molar refractivity (Wildman–Crippen MR) is 59.4 cm³/mol. The zero-order valence-corrected chi connectivity index (χ0v) is 9.12. The van der Waals surface area contributed by atoms with Gasteiger partial charge in [-0.3, -0.25) is 0 Å². The van der Waals surface area contributed by atoms with Crippen molar-refractivity contribution in [3.63, 3.8) is 0 Å². The molecule has 0 spiro atoms. The summed E-state index contributed by atoms with van der Waals surface area (Å²) in [6.07, 6.45) is 1.06. The van der Waals surface area contributed by atoms with Crippen molar-refractivity contribution in [3.8, 4) is 5.75 Å². The van der Waals surface area contributed by atoms with E-state index in [2.05, 4.69) is 26.1 Å². The van der Waals surface area contributed by atoms with Crippen molar-refractivity contribution in [3.05, 3.63) is 29.8 Å². The molecule has 1 aromatic carbocycles. The van der Waals surface area contributed by atoms with Crippen LogP contribution in [0.1, 0.15) is 38.8 Å². The Morgan fingerprint density at radius 2 is 1.79 bits per heavy atom. The molecule has 0 heterocycles. The second-order valence-corrected chi connectivity index (χ2v) is 3.87. The minimum absolute atomic E-state index is 0.327. The molecule has 78 valence electrons. The van der Waals surface area contributed by atoms with Crippen LogP contribution in [-0.4, -0.2) is 11.1 Å². The molecule has 0 aromatic heterocycles. The molecule has 0 amide bonds. The first-order valence-corrected chi connectivity index (χ1v) is 5.18. The second-order valence-electron chi connectivity index (χ2n) is 3.87. The zero-order valence-electron chi connectivity index (χ0n) is 9.12. The van der Waals surface area contributed by atoms with Crippen LogP contribution in [0.4, 0.5) is 0 Å². The number of phenols is 1. The van der Waals surface area contributed by atoms with Gasteiger partial charge in [-0.05, 0) is 24.1 Å². The third-order valence-electron chi connectivity index (χ3n) is 2.24. The minimum atomic E-state index is 0.327. The van der Waals surface area contributed by atoms with Gasteiger partial charge in [0.2, 0.25) is 0 Å². The van der Waals surface area contributed by atoms with E-state index in [0.717, 1.165) is 6.42 Å². The van der Waals surface area contributed by atoms with Crippen LogP contribution >= 0.6 is 0 Å². The summed E-state index contributed by atoms with van der Waals surface area (Å²) in [5.41, 5.74) is 1.24. The molecule has 0 aliphatic heterocycles. The fourth-order valence-electron chi connectivity index (χ4n) is 1.56. The lowest BCUT2D eigenvalue weighted by molar-refractivity contribution is 0.461. The van der Waals surface area contributed by atoms with Gasteiger partial charge in [-0.15, -0.1) is 0 Å². The summed E-state index contributed by atoms with van der Waals surface area (Å²) in [5.74, 6) is 0.327. The van der Waals surface area contributed by atoms with Crippen molar-refractivity contribution in [1.82, 2.24) is 5.32 Å². The van der Waals surface area contributed by atoms with E-state index in [-0.39, 0.29) is 0 Å². The van der Waals surface area contributed by atoms with Crippen LogP contribution in [0, 0.1) is 0 Å². The molecule has 0 saturated carbocycles. The average molecular weight is 193 g/mol. The van der Waals surface area contributed by atoms with Gasteiger partial charge in [-0.25, -0.2) is 0 Å². The Morgan fingerprint density at radius 3 is 2.21 bits per heavy atom. The summed E-state index contributed by atoms with van der Waals surface area (Å²) in [4.78, 5) is 0. The molecule has 0 fully saturated rings. The molecule has 0 saturated heterocycles. The number of aromatic hydroxyl groups is 1. The Balaban J connectivity index is 2.73. The van der Waals surface area contributed by atoms with Gasteiger partial charge in [0.05, 0.1) is 0 Å². The SMILES string of the molecule is CCC(NC(C)C)c1ccc(O)cc1. The van der Waals surface area contributed by atoms with Crippen LogP contribution in [-0.2, 0) is 0 Å². The van der Waals surface area contributed by atoms with Crippen molar-refractivity contribution in [2.75, 3.05) is 0 Å². The maximum Gasteiger partial charge on any atom is 0.115 e. The van der Waals surface area contributed by atoms with Gasteiger partial charge in [0.25, 0.3) is 0 Å². The highest BCUT2D eigenvalue weighted by molar-refractivity contribution is 5.27. The Morgan fingerprint density at radius 1 is 1.21 bits per heavy atom. The first kappa shape index (κ1) is 11.1. The first-order valence-electron chi connectivity index (χ1n) is 5.18. The summed E-state index contributed by atoms with van der Waals surface area (Å²) < 4.78 is 0. The van der Waals surface area contributed by atoms with E-state index in [1.54, 1.807) is 12.1 Å². The van der Waals surface area contributed by atoms with Crippen LogP contribution in [0.25, 0.3) is 0 Å². The monoisotopic (exact) mass is 193 g/mol. The number of benzene rings is 1. The second kappa shape index (κ2) is 5.01. The van der Waals surface area contributed by atoms with E-state index in [9.17, 15) is 5.11 Å². The standard InChI is InChI=1S/C12H19NO/c1-4-12(13-9(2)3)10-5-7-11(14)8-6-10/h5-9,12-14H,4H2,1-3H3. The molecule has 2 heteroatoms. The van der Waals surface area contributed by atoms with E-state index in [1.165, 1.54) is 5.56 Å². The molecule has 0 aliphatic rings. The van der Waals surface area contributed by atoms with Crippen LogP contribution in [0.5, 0.6) is 5.75 Å². The van der Waals surface area contributed by atoms with E-state index in [0.29, 0.717) is 17.8 Å². The topological polar surface area (TPSA) is 32.3 Å². The highest BCUT2D eigenvalue weighted by Gasteiger charge is 2.09.